The Bertz CT molecular complexity index is 759. The topological polar surface area (TPSA) is 35.5 Å². The van der Waals surface area contributed by atoms with Gasteiger partial charge in [-0.1, -0.05) is 120 Å². The third-order valence-electron chi connectivity index (χ3n) is 6.40. The van der Waals surface area contributed by atoms with Crippen LogP contribution in [0.3, 0.4) is 0 Å². The molecule has 0 bridgehead atoms. The number of ether oxygens (including phenoxy) is 1. The van der Waals surface area contributed by atoms with E-state index < -0.39 is 8.32 Å². The highest BCUT2D eigenvalue weighted by molar-refractivity contribution is 6.99. The number of carbonyl (C=O) groups is 1. The number of unbranched alkanes of at least 4 members (excludes halogenated alkanes) is 4. The second kappa shape index (κ2) is 13.7. The summed E-state index contributed by atoms with van der Waals surface area (Å²) in [4.78, 5) is 11.6. The van der Waals surface area contributed by atoms with E-state index in [0.717, 1.165) is 19.4 Å². The molecule has 182 valence electrons. The van der Waals surface area contributed by atoms with Crippen LogP contribution in [0.5, 0.6) is 0 Å². The first-order valence-electron chi connectivity index (χ1n) is 12.7. The highest BCUT2D eigenvalue weighted by Crippen LogP contribution is 2.36. The van der Waals surface area contributed by atoms with E-state index in [-0.39, 0.29) is 11.0 Å². The van der Waals surface area contributed by atoms with Crippen molar-refractivity contribution in [2.24, 2.45) is 5.92 Å². The van der Waals surface area contributed by atoms with Crippen LogP contribution in [-0.4, -0.2) is 27.5 Å². The maximum absolute atomic E-state index is 11.6. The summed E-state index contributed by atoms with van der Waals surface area (Å²) in [6.07, 6.45) is 7.52. The molecule has 0 radical (unpaired) electrons. The van der Waals surface area contributed by atoms with Gasteiger partial charge in [-0.2, -0.15) is 0 Å². The van der Waals surface area contributed by atoms with Crippen molar-refractivity contribution < 1.29 is 14.0 Å². The van der Waals surface area contributed by atoms with E-state index >= 15 is 0 Å². The molecule has 0 aliphatic rings. The molecule has 0 saturated carbocycles. The highest BCUT2D eigenvalue weighted by Gasteiger charge is 2.49. The molecule has 0 aromatic heterocycles. The molecular weight excluding hydrogens is 424 g/mol. The Labute approximate surface area is 203 Å². The van der Waals surface area contributed by atoms with Crippen LogP contribution < -0.4 is 10.4 Å². The molecule has 33 heavy (non-hydrogen) atoms. The lowest BCUT2D eigenvalue weighted by Gasteiger charge is -2.43. The molecule has 0 aliphatic heterocycles. The molecule has 0 amide bonds. The van der Waals surface area contributed by atoms with Gasteiger partial charge in [0, 0.05) is 13.0 Å². The normalized spacial score (nSPS) is 13.0. The minimum Gasteiger partial charge on any atom is -0.466 e. The van der Waals surface area contributed by atoms with Crippen molar-refractivity contribution >= 4 is 24.7 Å². The largest absolute Gasteiger partial charge is 0.466 e. The quantitative estimate of drug-likeness (QED) is 0.180. The van der Waals surface area contributed by atoms with Crippen molar-refractivity contribution in [1.29, 1.82) is 0 Å². The van der Waals surface area contributed by atoms with E-state index in [9.17, 15) is 4.79 Å². The SMILES string of the molecule is CCOC(=O)C[C@H](C)CCCCCCCO[Si](c1ccccc1)(c1ccccc1)C(C)(C)C. The molecule has 0 N–H and O–H groups in total. The molecule has 3 nitrogen and oxygen atoms in total. The molecule has 1 atom stereocenters. The average molecular weight is 469 g/mol. The van der Waals surface area contributed by atoms with Crippen molar-refractivity contribution in [3.05, 3.63) is 60.7 Å². The molecule has 0 saturated heterocycles. The molecule has 2 aromatic carbocycles. The first-order chi connectivity index (χ1) is 15.8. The summed E-state index contributed by atoms with van der Waals surface area (Å²) in [6.45, 7) is 12.3. The van der Waals surface area contributed by atoms with Gasteiger partial charge in [0.15, 0.2) is 0 Å². The number of carbonyl (C=O) groups excluding carboxylic acids is 1. The Morgan fingerprint density at radius 2 is 1.36 bits per heavy atom. The van der Waals surface area contributed by atoms with Crippen LogP contribution in [0.25, 0.3) is 0 Å². The predicted molar refractivity (Wildman–Crippen MR) is 142 cm³/mol. The first kappa shape index (κ1) is 27.3. The summed E-state index contributed by atoms with van der Waals surface area (Å²) in [6, 6.07) is 21.7. The van der Waals surface area contributed by atoms with Gasteiger partial charge in [-0.15, -0.1) is 0 Å². The molecule has 2 aromatic rings. The Kier molecular flexibility index (Phi) is 11.4. The molecular formula is C29H44O3Si. The smallest absolute Gasteiger partial charge is 0.306 e. The first-order valence-corrected chi connectivity index (χ1v) is 14.6. The lowest BCUT2D eigenvalue weighted by Crippen LogP contribution is -2.66. The Morgan fingerprint density at radius 3 is 1.88 bits per heavy atom. The molecule has 0 unspecified atom stereocenters. The fourth-order valence-corrected chi connectivity index (χ4v) is 9.32. The maximum Gasteiger partial charge on any atom is 0.306 e. The van der Waals surface area contributed by atoms with Crippen LogP contribution >= 0.6 is 0 Å². The minimum atomic E-state index is -2.41. The fraction of sp³-hybridized carbons (Fsp3) is 0.552. The van der Waals surface area contributed by atoms with Crippen molar-refractivity contribution in [2.45, 2.75) is 84.6 Å². The second-order valence-corrected chi connectivity index (χ2v) is 14.5. The van der Waals surface area contributed by atoms with E-state index in [1.807, 2.05) is 6.92 Å². The maximum atomic E-state index is 11.6. The monoisotopic (exact) mass is 468 g/mol. The molecule has 0 heterocycles. The lowest BCUT2D eigenvalue weighted by atomic mass is 9.99. The second-order valence-electron chi connectivity index (χ2n) is 10.2. The molecule has 4 heteroatoms. The number of hydrogen-bond donors (Lipinski definition) is 0. The van der Waals surface area contributed by atoms with Gasteiger partial charge in [-0.3, -0.25) is 4.79 Å². The highest BCUT2D eigenvalue weighted by atomic mass is 28.4. The van der Waals surface area contributed by atoms with Gasteiger partial charge in [-0.25, -0.2) is 0 Å². The van der Waals surface area contributed by atoms with E-state index in [0.29, 0.717) is 18.9 Å². The van der Waals surface area contributed by atoms with E-state index in [1.165, 1.54) is 36.1 Å². The van der Waals surface area contributed by atoms with Crippen molar-refractivity contribution in [2.75, 3.05) is 13.2 Å². The summed E-state index contributed by atoms with van der Waals surface area (Å²) in [7, 11) is -2.41. The van der Waals surface area contributed by atoms with Gasteiger partial charge in [0.25, 0.3) is 8.32 Å². The zero-order chi connectivity index (χ0) is 24.2. The predicted octanol–water partition coefficient (Wildman–Crippen LogP) is 6.49. The summed E-state index contributed by atoms with van der Waals surface area (Å²) in [5, 5.41) is 2.73. The summed E-state index contributed by atoms with van der Waals surface area (Å²) >= 11 is 0. The third kappa shape index (κ3) is 8.11. The van der Waals surface area contributed by atoms with Crippen molar-refractivity contribution in [3.8, 4) is 0 Å². The molecule has 0 spiro atoms. The van der Waals surface area contributed by atoms with Gasteiger partial charge < -0.3 is 9.16 Å². The van der Waals surface area contributed by atoms with E-state index in [1.54, 1.807) is 0 Å². The molecule has 2 rings (SSSR count). The Morgan fingerprint density at radius 1 is 0.848 bits per heavy atom. The van der Waals surface area contributed by atoms with Gasteiger partial charge in [0.2, 0.25) is 0 Å². The number of hydrogen-bond acceptors (Lipinski definition) is 3. The van der Waals surface area contributed by atoms with Crippen LogP contribution in [0.4, 0.5) is 0 Å². The van der Waals surface area contributed by atoms with Crippen molar-refractivity contribution in [1.82, 2.24) is 0 Å². The zero-order valence-corrected chi connectivity index (χ0v) is 22.4. The molecule has 0 fully saturated rings. The Hall–Kier alpha value is -1.91. The number of rotatable bonds is 14. The van der Waals surface area contributed by atoms with Crippen LogP contribution in [0.2, 0.25) is 5.04 Å². The number of esters is 1. The van der Waals surface area contributed by atoms with E-state index in [2.05, 4.69) is 88.4 Å². The van der Waals surface area contributed by atoms with E-state index in [4.69, 9.17) is 9.16 Å². The lowest BCUT2D eigenvalue weighted by molar-refractivity contribution is -0.144. The van der Waals surface area contributed by atoms with Gasteiger partial charge in [0.1, 0.15) is 0 Å². The third-order valence-corrected chi connectivity index (χ3v) is 11.4. The summed E-state index contributed by atoms with van der Waals surface area (Å²) < 4.78 is 12.0. The van der Waals surface area contributed by atoms with Crippen LogP contribution in [0.15, 0.2) is 60.7 Å². The zero-order valence-electron chi connectivity index (χ0n) is 21.4. The van der Waals surface area contributed by atoms with Crippen LogP contribution in [-0.2, 0) is 14.0 Å². The van der Waals surface area contributed by atoms with Gasteiger partial charge in [-0.05, 0) is 34.7 Å². The van der Waals surface area contributed by atoms with Crippen LogP contribution in [0.1, 0.15) is 79.6 Å². The standard InChI is InChI=1S/C29H44O3Si/c1-6-31-28(30)24-25(2)18-12-8-7-9-17-23-32-33(29(3,4)5,26-19-13-10-14-20-26)27-21-15-11-16-22-27/h10-11,13-16,19-22,25H,6-9,12,17-18,23-24H2,1-5H3/t25-/m1/s1. The summed E-state index contributed by atoms with van der Waals surface area (Å²) in [5.74, 6) is 0.341. The Balaban J connectivity index is 1.88. The van der Waals surface area contributed by atoms with Gasteiger partial charge >= 0.3 is 5.97 Å². The van der Waals surface area contributed by atoms with Crippen LogP contribution in [0, 0.1) is 5.92 Å². The summed E-state index contributed by atoms with van der Waals surface area (Å²) in [5.41, 5.74) is 0. The average Bonchev–Trinajstić information content (AvgIpc) is 2.78. The van der Waals surface area contributed by atoms with Gasteiger partial charge in [0.05, 0.1) is 6.61 Å². The minimum absolute atomic E-state index is 0.0325. The number of benzene rings is 2. The van der Waals surface area contributed by atoms with Crippen molar-refractivity contribution in [3.63, 3.8) is 0 Å². The fourth-order valence-electron chi connectivity index (χ4n) is 4.72. The molecule has 0 aliphatic carbocycles.